The molecule has 0 aliphatic rings. The van der Waals surface area contributed by atoms with Gasteiger partial charge in [0.25, 0.3) is 0 Å². The van der Waals surface area contributed by atoms with Crippen LogP contribution in [0, 0.1) is 0 Å². The molecule has 0 aliphatic heterocycles. The molecule has 3 rings (SSSR count). The first-order valence-electron chi connectivity index (χ1n) is 12.5. The Balaban J connectivity index is 1.76. The van der Waals surface area contributed by atoms with Gasteiger partial charge < -0.3 is 15.0 Å². The molecular formula is C30H35ClN2O3. The van der Waals surface area contributed by atoms with E-state index in [0.717, 1.165) is 17.5 Å². The Morgan fingerprint density at radius 1 is 0.917 bits per heavy atom. The minimum Gasteiger partial charge on any atom is -0.494 e. The van der Waals surface area contributed by atoms with E-state index in [2.05, 4.69) is 5.32 Å². The van der Waals surface area contributed by atoms with Crippen molar-refractivity contribution in [2.45, 2.75) is 58.2 Å². The van der Waals surface area contributed by atoms with Gasteiger partial charge >= 0.3 is 0 Å². The van der Waals surface area contributed by atoms with Crippen LogP contribution in [0.15, 0.2) is 84.9 Å². The summed E-state index contributed by atoms with van der Waals surface area (Å²) in [6.45, 7) is 4.78. The third kappa shape index (κ3) is 8.72. The van der Waals surface area contributed by atoms with E-state index in [0.29, 0.717) is 36.8 Å². The third-order valence-electron chi connectivity index (χ3n) is 6.09. The molecule has 0 saturated carbocycles. The monoisotopic (exact) mass is 506 g/mol. The normalized spacial score (nSPS) is 12.4. The molecule has 0 aromatic heterocycles. The number of hydrogen-bond acceptors (Lipinski definition) is 3. The second-order valence-electron chi connectivity index (χ2n) is 8.94. The first kappa shape index (κ1) is 27.3. The summed E-state index contributed by atoms with van der Waals surface area (Å²) in [7, 11) is 0. The van der Waals surface area contributed by atoms with Crippen LogP contribution in [0.25, 0.3) is 0 Å². The van der Waals surface area contributed by atoms with E-state index in [1.54, 1.807) is 29.2 Å². The fourth-order valence-corrected chi connectivity index (χ4v) is 3.99. The molecular weight excluding hydrogens is 472 g/mol. The van der Waals surface area contributed by atoms with E-state index in [-0.39, 0.29) is 24.3 Å². The van der Waals surface area contributed by atoms with Gasteiger partial charge in [0.2, 0.25) is 11.8 Å². The smallest absolute Gasteiger partial charge is 0.243 e. The van der Waals surface area contributed by atoms with Crippen molar-refractivity contribution in [1.82, 2.24) is 10.2 Å². The van der Waals surface area contributed by atoms with Crippen LogP contribution in [-0.2, 0) is 22.6 Å². The lowest BCUT2D eigenvalue weighted by atomic mass is 10.0. The van der Waals surface area contributed by atoms with Crippen LogP contribution in [0.1, 0.15) is 44.2 Å². The quantitative estimate of drug-likeness (QED) is 0.287. The molecule has 0 bridgehead atoms. The molecule has 0 radical (unpaired) electrons. The zero-order valence-corrected chi connectivity index (χ0v) is 21.8. The predicted molar refractivity (Wildman–Crippen MR) is 145 cm³/mol. The maximum absolute atomic E-state index is 13.6. The number of carbonyl (C=O) groups is 2. The van der Waals surface area contributed by atoms with Crippen molar-refractivity contribution in [2.75, 3.05) is 6.61 Å². The molecule has 0 saturated heterocycles. The lowest BCUT2D eigenvalue weighted by molar-refractivity contribution is -0.141. The van der Waals surface area contributed by atoms with Crippen LogP contribution >= 0.6 is 11.6 Å². The Hall–Kier alpha value is -3.31. The van der Waals surface area contributed by atoms with Crippen LogP contribution in [0.5, 0.6) is 5.75 Å². The van der Waals surface area contributed by atoms with Crippen LogP contribution < -0.4 is 10.1 Å². The number of rotatable bonds is 13. The molecule has 3 aromatic rings. The molecule has 0 fully saturated rings. The third-order valence-corrected chi connectivity index (χ3v) is 6.34. The maximum atomic E-state index is 13.6. The summed E-state index contributed by atoms with van der Waals surface area (Å²) in [5, 5.41) is 3.74. The van der Waals surface area contributed by atoms with Crippen LogP contribution in [0.2, 0.25) is 5.02 Å². The van der Waals surface area contributed by atoms with Gasteiger partial charge in [0.1, 0.15) is 11.8 Å². The molecule has 2 atom stereocenters. The molecule has 1 N–H and O–H groups in total. The number of benzene rings is 3. The van der Waals surface area contributed by atoms with Gasteiger partial charge in [-0.05, 0) is 55.2 Å². The highest BCUT2D eigenvalue weighted by atomic mass is 35.5. The summed E-state index contributed by atoms with van der Waals surface area (Å²) in [6, 6.07) is 26.2. The summed E-state index contributed by atoms with van der Waals surface area (Å²) in [4.78, 5) is 28.7. The zero-order valence-electron chi connectivity index (χ0n) is 21.0. The van der Waals surface area contributed by atoms with Crippen molar-refractivity contribution >= 4 is 23.4 Å². The van der Waals surface area contributed by atoms with E-state index in [9.17, 15) is 9.59 Å². The van der Waals surface area contributed by atoms with E-state index < -0.39 is 6.04 Å². The summed E-state index contributed by atoms with van der Waals surface area (Å²) in [5.74, 6) is 0.511. The first-order valence-corrected chi connectivity index (χ1v) is 12.9. The summed E-state index contributed by atoms with van der Waals surface area (Å²) in [6.07, 6.45) is 2.08. The molecule has 2 amide bonds. The second kappa shape index (κ2) is 14.3. The standard InChI is InChI=1S/C30H35ClN2O3/c1-3-23(2)32-30(35)28(21-24-11-6-4-7-12-24)33(22-25-13-8-5-9-14-25)29(34)15-10-20-36-27-18-16-26(31)17-19-27/h4-9,11-14,16-19,23,28H,3,10,15,20-22H2,1-2H3,(H,32,35)/t23-,28-/m1/s1. The molecule has 36 heavy (non-hydrogen) atoms. The lowest BCUT2D eigenvalue weighted by Crippen LogP contribution is -2.52. The number of halogens is 1. The molecule has 0 spiro atoms. The number of nitrogens with zero attached hydrogens (tertiary/aromatic N) is 1. The highest BCUT2D eigenvalue weighted by molar-refractivity contribution is 6.30. The van der Waals surface area contributed by atoms with Crippen molar-refractivity contribution in [2.24, 2.45) is 0 Å². The van der Waals surface area contributed by atoms with Crippen molar-refractivity contribution in [1.29, 1.82) is 0 Å². The Kier molecular flexibility index (Phi) is 10.8. The van der Waals surface area contributed by atoms with E-state index in [1.807, 2.05) is 74.5 Å². The van der Waals surface area contributed by atoms with E-state index >= 15 is 0 Å². The van der Waals surface area contributed by atoms with Crippen molar-refractivity contribution < 1.29 is 14.3 Å². The number of amides is 2. The van der Waals surface area contributed by atoms with Gasteiger partial charge in [-0.2, -0.15) is 0 Å². The second-order valence-corrected chi connectivity index (χ2v) is 9.37. The molecule has 0 unspecified atom stereocenters. The van der Waals surface area contributed by atoms with Gasteiger partial charge in [-0.25, -0.2) is 0 Å². The zero-order chi connectivity index (χ0) is 25.8. The van der Waals surface area contributed by atoms with Gasteiger partial charge in [0.15, 0.2) is 0 Å². The van der Waals surface area contributed by atoms with Gasteiger partial charge in [0, 0.05) is 30.5 Å². The highest BCUT2D eigenvalue weighted by Gasteiger charge is 2.30. The largest absolute Gasteiger partial charge is 0.494 e. The van der Waals surface area contributed by atoms with E-state index in [4.69, 9.17) is 16.3 Å². The van der Waals surface area contributed by atoms with E-state index in [1.165, 1.54) is 0 Å². The number of hydrogen-bond donors (Lipinski definition) is 1. The Labute approximate surface area is 219 Å². The lowest BCUT2D eigenvalue weighted by Gasteiger charge is -2.32. The molecule has 5 nitrogen and oxygen atoms in total. The van der Waals surface area contributed by atoms with Crippen LogP contribution in [0.3, 0.4) is 0 Å². The SMILES string of the molecule is CC[C@@H](C)NC(=O)[C@@H](Cc1ccccc1)N(Cc1ccccc1)C(=O)CCCOc1ccc(Cl)cc1. The average molecular weight is 507 g/mol. The molecule has 0 aliphatic carbocycles. The van der Waals surface area contributed by atoms with Gasteiger partial charge in [0.05, 0.1) is 6.61 Å². The Morgan fingerprint density at radius 3 is 2.14 bits per heavy atom. The fraction of sp³-hybridized carbons (Fsp3) is 0.333. The highest BCUT2D eigenvalue weighted by Crippen LogP contribution is 2.18. The maximum Gasteiger partial charge on any atom is 0.243 e. The predicted octanol–water partition coefficient (Wildman–Crippen LogP) is 6.05. The Morgan fingerprint density at radius 2 is 1.53 bits per heavy atom. The topological polar surface area (TPSA) is 58.6 Å². The number of carbonyl (C=O) groups excluding carboxylic acids is 2. The first-order chi connectivity index (χ1) is 17.5. The van der Waals surface area contributed by atoms with Crippen molar-refractivity contribution in [3.05, 3.63) is 101 Å². The number of ether oxygens (including phenoxy) is 1. The Bertz CT molecular complexity index is 1070. The van der Waals surface area contributed by atoms with Crippen LogP contribution in [0.4, 0.5) is 0 Å². The molecule has 6 heteroatoms. The summed E-state index contributed by atoms with van der Waals surface area (Å²) >= 11 is 5.93. The van der Waals surface area contributed by atoms with Crippen LogP contribution in [-0.4, -0.2) is 35.4 Å². The summed E-state index contributed by atoms with van der Waals surface area (Å²) in [5.41, 5.74) is 2.00. The van der Waals surface area contributed by atoms with Gasteiger partial charge in [-0.15, -0.1) is 0 Å². The van der Waals surface area contributed by atoms with Gasteiger partial charge in [-0.1, -0.05) is 79.2 Å². The molecule has 0 heterocycles. The molecule has 3 aromatic carbocycles. The summed E-state index contributed by atoms with van der Waals surface area (Å²) < 4.78 is 5.77. The number of nitrogens with one attached hydrogen (secondary N) is 1. The van der Waals surface area contributed by atoms with Crippen molar-refractivity contribution in [3.8, 4) is 5.75 Å². The minimum atomic E-state index is -0.619. The van der Waals surface area contributed by atoms with Gasteiger partial charge in [-0.3, -0.25) is 9.59 Å². The fourth-order valence-electron chi connectivity index (χ4n) is 3.86. The average Bonchev–Trinajstić information content (AvgIpc) is 2.90. The minimum absolute atomic E-state index is 0.0252. The molecule has 190 valence electrons. The van der Waals surface area contributed by atoms with Crippen molar-refractivity contribution in [3.63, 3.8) is 0 Å².